The smallest absolute Gasteiger partial charge is 0.335 e. The molecule has 0 saturated heterocycles. The summed E-state index contributed by atoms with van der Waals surface area (Å²) in [6, 6.07) is 19.2. The molecular weight excluding hydrogens is 484 g/mol. The molecule has 6 nitrogen and oxygen atoms in total. The second kappa shape index (κ2) is 10.1. The number of halogens is 2. The Morgan fingerprint density at radius 1 is 0.903 bits per heavy atom. The average Bonchev–Trinajstić information content (AvgIpc) is 2.75. The monoisotopic (exact) mass is 498 g/mol. The highest BCUT2D eigenvalue weighted by molar-refractivity contribution is 9.10. The predicted molar refractivity (Wildman–Crippen MR) is 123 cm³/mol. The van der Waals surface area contributed by atoms with Crippen LogP contribution in [0.3, 0.4) is 0 Å². The van der Waals surface area contributed by atoms with Gasteiger partial charge in [-0.3, -0.25) is 9.59 Å². The lowest BCUT2D eigenvalue weighted by atomic mass is 10.1. The van der Waals surface area contributed by atoms with Gasteiger partial charge in [-0.15, -0.1) is 0 Å². The topological polar surface area (TPSA) is 95.5 Å². The van der Waals surface area contributed by atoms with Crippen molar-refractivity contribution < 1.29 is 19.5 Å². The highest BCUT2D eigenvalue weighted by Crippen LogP contribution is 2.16. The lowest BCUT2D eigenvalue weighted by Crippen LogP contribution is -2.30. The predicted octanol–water partition coefficient (Wildman–Crippen LogP) is 5.21. The quantitative estimate of drug-likeness (QED) is 0.406. The minimum Gasteiger partial charge on any atom is -0.478 e. The zero-order valence-electron chi connectivity index (χ0n) is 15.9. The molecule has 0 spiro atoms. The number of carboxylic acid groups (broad SMARTS) is 1. The normalized spacial score (nSPS) is 11.0. The summed E-state index contributed by atoms with van der Waals surface area (Å²) in [5, 5.41) is 14.9. The molecule has 31 heavy (non-hydrogen) atoms. The number of carbonyl (C=O) groups excluding carboxylic acids is 2. The van der Waals surface area contributed by atoms with Crippen molar-refractivity contribution in [2.45, 2.75) is 0 Å². The van der Waals surface area contributed by atoms with Crippen LogP contribution in [0, 0.1) is 0 Å². The number of hydrogen-bond donors (Lipinski definition) is 3. The first kappa shape index (κ1) is 22.3. The van der Waals surface area contributed by atoms with E-state index in [1.165, 1.54) is 24.3 Å². The number of benzene rings is 3. The van der Waals surface area contributed by atoms with Crippen LogP contribution in [-0.4, -0.2) is 22.9 Å². The van der Waals surface area contributed by atoms with Gasteiger partial charge in [0.15, 0.2) is 0 Å². The van der Waals surface area contributed by atoms with Crippen LogP contribution in [0.2, 0.25) is 5.02 Å². The van der Waals surface area contributed by atoms with Crippen LogP contribution in [0.4, 0.5) is 5.69 Å². The molecule has 0 aliphatic rings. The van der Waals surface area contributed by atoms with E-state index in [0.29, 0.717) is 16.1 Å². The Hall–Kier alpha value is -3.42. The summed E-state index contributed by atoms with van der Waals surface area (Å²) in [5.41, 5.74) is 1.30. The molecule has 0 unspecified atom stereocenters. The number of hydrogen-bond acceptors (Lipinski definition) is 3. The molecule has 0 radical (unpaired) electrons. The van der Waals surface area contributed by atoms with E-state index in [1.807, 2.05) is 0 Å². The molecular formula is C23H16BrClN2O4. The van der Waals surface area contributed by atoms with Gasteiger partial charge < -0.3 is 15.7 Å². The summed E-state index contributed by atoms with van der Waals surface area (Å²) >= 11 is 9.23. The number of aromatic carboxylic acids is 1. The van der Waals surface area contributed by atoms with Crippen LogP contribution >= 0.6 is 27.5 Å². The number of carboxylic acids is 1. The van der Waals surface area contributed by atoms with Gasteiger partial charge in [-0.05, 0) is 66.2 Å². The van der Waals surface area contributed by atoms with Crippen molar-refractivity contribution in [3.05, 3.63) is 105 Å². The van der Waals surface area contributed by atoms with Crippen LogP contribution in [0.1, 0.15) is 26.3 Å². The summed E-state index contributed by atoms with van der Waals surface area (Å²) in [7, 11) is 0. The van der Waals surface area contributed by atoms with E-state index < -0.39 is 17.8 Å². The minimum absolute atomic E-state index is 0.0176. The van der Waals surface area contributed by atoms with E-state index in [2.05, 4.69) is 26.6 Å². The third kappa shape index (κ3) is 6.28. The maximum absolute atomic E-state index is 12.9. The fourth-order valence-electron chi connectivity index (χ4n) is 2.61. The molecule has 0 fully saturated rings. The highest BCUT2D eigenvalue weighted by Gasteiger charge is 2.16. The van der Waals surface area contributed by atoms with Gasteiger partial charge in [0, 0.05) is 20.7 Å². The van der Waals surface area contributed by atoms with Crippen LogP contribution in [-0.2, 0) is 4.79 Å². The number of rotatable bonds is 6. The molecule has 3 rings (SSSR count). The molecule has 0 heterocycles. The van der Waals surface area contributed by atoms with Gasteiger partial charge in [-0.1, -0.05) is 45.7 Å². The maximum Gasteiger partial charge on any atom is 0.335 e. The van der Waals surface area contributed by atoms with E-state index in [9.17, 15) is 14.4 Å². The molecule has 8 heteroatoms. The Bertz CT molecular complexity index is 1160. The Balaban J connectivity index is 1.89. The fraction of sp³-hybridized carbons (Fsp3) is 0. The van der Waals surface area contributed by atoms with Gasteiger partial charge in [-0.2, -0.15) is 0 Å². The van der Waals surface area contributed by atoms with Crippen LogP contribution in [0.5, 0.6) is 0 Å². The third-order valence-electron chi connectivity index (χ3n) is 4.15. The van der Waals surface area contributed by atoms with E-state index >= 15 is 0 Å². The number of anilines is 1. The fourth-order valence-corrected chi connectivity index (χ4v) is 3.00. The van der Waals surface area contributed by atoms with Crippen LogP contribution in [0.15, 0.2) is 83.0 Å². The first-order valence-corrected chi connectivity index (χ1v) is 10.2. The Morgan fingerprint density at radius 2 is 1.58 bits per heavy atom. The molecule has 156 valence electrons. The minimum atomic E-state index is -1.11. The molecule has 0 aliphatic heterocycles. The molecule has 2 amide bonds. The van der Waals surface area contributed by atoms with Gasteiger partial charge >= 0.3 is 5.97 Å². The van der Waals surface area contributed by atoms with Gasteiger partial charge in [-0.25, -0.2) is 4.79 Å². The van der Waals surface area contributed by atoms with E-state index in [0.717, 1.165) is 4.47 Å². The van der Waals surface area contributed by atoms with Crippen molar-refractivity contribution in [2.75, 3.05) is 5.32 Å². The second-order valence-corrected chi connectivity index (χ2v) is 7.76. The van der Waals surface area contributed by atoms with E-state index in [1.54, 1.807) is 54.6 Å². The molecule has 3 N–H and O–H groups in total. The Morgan fingerprint density at radius 3 is 2.23 bits per heavy atom. The highest BCUT2D eigenvalue weighted by atomic mass is 79.9. The van der Waals surface area contributed by atoms with Crippen molar-refractivity contribution in [3.63, 3.8) is 0 Å². The van der Waals surface area contributed by atoms with Gasteiger partial charge in [0.25, 0.3) is 11.8 Å². The number of carbonyl (C=O) groups is 3. The zero-order valence-corrected chi connectivity index (χ0v) is 18.3. The van der Waals surface area contributed by atoms with Crippen LogP contribution < -0.4 is 10.6 Å². The molecule has 0 bridgehead atoms. The van der Waals surface area contributed by atoms with Gasteiger partial charge in [0.05, 0.1) is 5.56 Å². The van der Waals surface area contributed by atoms with Crippen molar-refractivity contribution >= 4 is 57.1 Å². The van der Waals surface area contributed by atoms with Crippen LogP contribution in [0.25, 0.3) is 6.08 Å². The number of nitrogens with one attached hydrogen (secondary N) is 2. The first-order valence-electron chi connectivity index (χ1n) is 9.01. The summed E-state index contributed by atoms with van der Waals surface area (Å²) in [6.45, 7) is 0. The summed E-state index contributed by atoms with van der Waals surface area (Å²) in [6.07, 6.45) is 1.50. The molecule has 0 aliphatic carbocycles. The second-order valence-electron chi connectivity index (χ2n) is 6.41. The van der Waals surface area contributed by atoms with Crippen molar-refractivity contribution in [1.29, 1.82) is 0 Å². The number of amides is 2. The van der Waals surface area contributed by atoms with E-state index in [-0.39, 0.29) is 16.9 Å². The summed E-state index contributed by atoms with van der Waals surface area (Å²) in [5.74, 6) is -2.19. The van der Waals surface area contributed by atoms with Gasteiger partial charge in [0.1, 0.15) is 5.70 Å². The maximum atomic E-state index is 12.9. The van der Waals surface area contributed by atoms with Crippen molar-refractivity contribution in [3.8, 4) is 0 Å². The molecule has 0 saturated carbocycles. The molecule has 0 atom stereocenters. The standard InChI is InChI=1S/C23H16BrClN2O4/c24-17-8-6-15(7-9-17)21(28)27-20(12-14-4-10-18(25)11-5-14)22(29)26-19-3-1-2-16(13-19)23(30)31/h1-13H,(H,26,29)(H,27,28)(H,30,31)/b20-12-. The van der Waals surface area contributed by atoms with E-state index in [4.69, 9.17) is 16.7 Å². The lowest BCUT2D eigenvalue weighted by molar-refractivity contribution is -0.113. The molecule has 3 aromatic rings. The van der Waals surface area contributed by atoms with Crippen molar-refractivity contribution in [2.24, 2.45) is 0 Å². The largest absolute Gasteiger partial charge is 0.478 e. The lowest BCUT2D eigenvalue weighted by Gasteiger charge is -2.12. The first-order chi connectivity index (χ1) is 14.8. The Labute approximate surface area is 191 Å². The zero-order chi connectivity index (χ0) is 22.4. The SMILES string of the molecule is O=C(Nc1cccc(C(=O)O)c1)/C(=C/c1ccc(Cl)cc1)NC(=O)c1ccc(Br)cc1. The molecule has 0 aromatic heterocycles. The molecule has 3 aromatic carbocycles. The summed E-state index contributed by atoms with van der Waals surface area (Å²) in [4.78, 5) is 36.7. The third-order valence-corrected chi connectivity index (χ3v) is 4.93. The van der Waals surface area contributed by atoms with Crippen molar-refractivity contribution in [1.82, 2.24) is 5.32 Å². The Kier molecular flexibility index (Phi) is 7.23. The van der Waals surface area contributed by atoms with Gasteiger partial charge in [0.2, 0.25) is 0 Å². The average molecular weight is 500 g/mol. The summed E-state index contributed by atoms with van der Waals surface area (Å²) < 4.78 is 0.817.